The van der Waals surface area contributed by atoms with Crippen molar-refractivity contribution in [3.8, 4) is 28.7 Å². The van der Waals surface area contributed by atoms with Crippen molar-refractivity contribution >= 4 is 0 Å². The summed E-state index contributed by atoms with van der Waals surface area (Å²) in [4.78, 5) is 0. The molecule has 3 aromatic carbocycles. The quantitative estimate of drug-likeness (QED) is 0.562. The van der Waals surface area contributed by atoms with Crippen molar-refractivity contribution in [2.45, 2.75) is 20.8 Å². The highest BCUT2D eigenvalue weighted by Crippen LogP contribution is 2.45. The molecule has 0 N–H and O–H groups in total. The molecule has 0 aliphatic carbocycles. The predicted octanol–water partition coefficient (Wildman–Crippen LogP) is 6.34. The standard InChI is InChI=1S/C21H19O3/c1-14-19(22)15(2)21(24-18-12-8-5-9-13-18)16(3)20(14)23-17-10-6-4-7-11-17/h4-13H,1-3H3. The normalized spacial score (nSPS) is 10.5. The van der Waals surface area contributed by atoms with Gasteiger partial charge in [0, 0.05) is 16.7 Å². The summed E-state index contributed by atoms with van der Waals surface area (Å²) in [6.07, 6.45) is 0. The van der Waals surface area contributed by atoms with Gasteiger partial charge in [-0.3, -0.25) is 5.11 Å². The molecule has 3 nitrogen and oxygen atoms in total. The van der Waals surface area contributed by atoms with E-state index in [1.807, 2.05) is 67.6 Å². The summed E-state index contributed by atoms with van der Waals surface area (Å²) < 4.78 is 11.9. The highest BCUT2D eigenvalue weighted by atomic mass is 16.5. The molecule has 0 spiro atoms. The van der Waals surface area contributed by atoms with E-state index in [0.29, 0.717) is 34.1 Å². The summed E-state index contributed by atoms with van der Waals surface area (Å²) >= 11 is 0. The fourth-order valence-corrected chi connectivity index (χ4v) is 2.67. The maximum atomic E-state index is 12.6. The van der Waals surface area contributed by atoms with Crippen LogP contribution in [0, 0.1) is 20.8 Å². The van der Waals surface area contributed by atoms with Gasteiger partial charge in [-0.25, -0.2) is 0 Å². The highest BCUT2D eigenvalue weighted by molar-refractivity contribution is 5.62. The van der Waals surface area contributed by atoms with E-state index in [9.17, 15) is 5.11 Å². The number of hydrogen-bond donors (Lipinski definition) is 0. The van der Waals surface area contributed by atoms with Crippen molar-refractivity contribution in [1.29, 1.82) is 0 Å². The monoisotopic (exact) mass is 319 g/mol. The third kappa shape index (κ3) is 3.06. The number of benzene rings is 3. The molecular formula is C21H19O3. The Balaban J connectivity index is 2.06. The van der Waals surface area contributed by atoms with E-state index >= 15 is 0 Å². The van der Waals surface area contributed by atoms with Crippen LogP contribution in [0.25, 0.3) is 0 Å². The number of para-hydroxylation sites is 2. The van der Waals surface area contributed by atoms with Gasteiger partial charge in [0.25, 0.3) is 0 Å². The molecule has 0 fully saturated rings. The second-order valence-corrected chi connectivity index (χ2v) is 5.69. The van der Waals surface area contributed by atoms with E-state index in [-0.39, 0.29) is 5.75 Å². The first-order valence-electron chi connectivity index (χ1n) is 7.84. The fraction of sp³-hybridized carbons (Fsp3) is 0.143. The molecule has 0 bridgehead atoms. The molecule has 0 aromatic heterocycles. The molecular weight excluding hydrogens is 300 g/mol. The van der Waals surface area contributed by atoms with Gasteiger partial charge in [-0.2, -0.15) is 0 Å². The van der Waals surface area contributed by atoms with Crippen LogP contribution in [0.3, 0.4) is 0 Å². The van der Waals surface area contributed by atoms with Gasteiger partial charge in [-0.15, -0.1) is 0 Å². The van der Waals surface area contributed by atoms with E-state index in [1.165, 1.54) is 0 Å². The van der Waals surface area contributed by atoms with Crippen molar-refractivity contribution in [2.75, 3.05) is 0 Å². The van der Waals surface area contributed by atoms with Crippen LogP contribution >= 0.6 is 0 Å². The Morgan fingerprint density at radius 2 is 0.958 bits per heavy atom. The van der Waals surface area contributed by atoms with Gasteiger partial charge in [0.1, 0.15) is 23.0 Å². The molecule has 1 radical (unpaired) electrons. The lowest BCUT2D eigenvalue weighted by molar-refractivity contribution is 0.339. The first kappa shape index (κ1) is 15.9. The first-order valence-corrected chi connectivity index (χ1v) is 7.84. The molecule has 0 saturated heterocycles. The van der Waals surface area contributed by atoms with E-state index in [4.69, 9.17) is 9.47 Å². The molecule has 0 heterocycles. The van der Waals surface area contributed by atoms with Gasteiger partial charge in [0.05, 0.1) is 0 Å². The number of rotatable bonds is 4. The van der Waals surface area contributed by atoms with Crippen molar-refractivity contribution in [2.24, 2.45) is 0 Å². The van der Waals surface area contributed by atoms with Crippen LogP contribution < -0.4 is 9.47 Å². The van der Waals surface area contributed by atoms with Crippen molar-refractivity contribution in [3.63, 3.8) is 0 Å². The maximum absolute atomic E-state index is 12.6. The summed E-state index contributed by atoms with van der Waals surface area (Å²) in [5, 5.41) is 12.6. The lowest BCUT2D eigenvalue weighted by Gasteiger charge is -2.18. The second-order valence-electron chi connectivity index (χ2n) is 5.69. The van der Waals surface area contributed by atoms with Crippen molar-refractivity contribution in [1.82, 2.24) is 0 Å². The molecule has 0 aliphatic heterocycles. The van der Waals surface area contributed by atoms with Gasteiger partial charge in [0.15, 0.2) is 5.75 Å². The van der Waals surface area contributed by atoms with Crippen LogP contribution in [0.5, 0.6) is 28.7 Å². The molecule has 0 saturated carbocycles. The van der Waals surface area contributed by atoms with Crippen LogP contribution in [-0.4, -0.2) is 0 Å². The molecule has 121 valence electrons. The van der Waals surface area contributed by atoms with Gasteiger partial charge < -0.3 is 9.47 Å². The third-order valence-electron chi connectivity index (χ3n) is 3.97. The van der Waals surface area contributed by atoms with Gasteiger partial charge in [0.2, 0.25) is 0 Å². The molecule has 24 heavy (non-hydrogen) atoms. The fourth-order valence-electron chi connectivity index (χ4n) is 2.67. The Labute approximate surface area is 142 Å². The zero-order valence-electron chi connectivity index (χ0n) is 14.0. The van der Waals surface area contributed by atoms with Crippen LogP contribution in [0.2, 0.25) is 0 Å². The van der Waals surface area contributed by atoms with E-state index in [1.54, 1.807) is 13.8 Å². The van der Waals surface area contributed by atoms with E-state index in [2.05, 4.69) is 0 Å². The smallest absolute Gasteiger partial charge is 0.191 e. The summed E-state index contributed by atoms with van der Waals surface area (Å²) in [6.45, 7) is 5.48. The molecule has 3 heteroatoms. The number of hydrogen-bond acceptors (Lipinski definition) is 2. The minimum atomic E-state index is -0.0579. The average Bonchev–Trinajstić information content (AvgIpc) is 2.62. The van der Waals surface area contributed by atoms with Crippen molar-refractivity contribution < 1.29 is 14.6 Å². The molecule has 0 aliphatic rings. The van der Waals surface area contributed by atoms with Crippen LogP contribution in [0.1, 0.15) is 16.7 Å². The Kier molecular flexibility index (Phi) is 4.43. The summed E-state index contributed by atoms with van der Waals surface area (Å²) in [6, 6.07) is 18.9. The van der Waals surface area contributed by atoms with Gasteiger partial charge in [-0.05, 0) is 45.0 Å². The Hall–Kier alpha value is -2.94. The van der Waals surface area contributed by atoms with Crippen molar-refractivity contribution in [3.05, 3.63) is 77.4 Å². The van der Waals surface area contributed by atoms with Crippen LogP contribution in [0.4, 0.5) is 0 Å². The van der Waals surface area contributed by atoms with Crippen LogP contribution in [-0.2, 0) is 5.11 Å². The van der Waals surface area contributed by atoms with Gasteiger partial charge in [-0.1, -0.05) is 36.4 Å². The minimum Gasteiger partial charge on any atom is -0.457 e. The molecule has 0 unspecified atom stereocenters. The largest absolute Gasteiger partial charge is 0.457 e. The summed E-state index contributed by atoms with van der Waals surface area (Å²) in [5.41, 5.74) is 2.00. The third-order valence-corrected chi connectivity index (χ3v) is 3.97. The Bertz CT molecular complexity index is 771. The lowest BCUT2D eigenvalue weighted by Crippen LogP contribution is -1.98. The minimum absolute atomic E-state index is 0.0579. The number of ether oxygens (including phenoxy) is 2. The zero-order valence-corrected chi connectivity index (χ0v) is 14.0. The molecule has 3 rings (SSSR count). The maximum Gasteiger partial charge on any atom is 0.191 e. The average molecular weight is 319 g/mol. The molecule has 3 aromatic rings. The van der Waals surface area contributed by atoms with E-state index < -0.39 is 0 Å². The second kappa shape index (κ2) is 6.67. The SMILES string of the molecule is Cc1c([O])c(C)c(Oc2ccccc2)c(C)c1Oc1ccccc1. The molecule has 0 atom stereocenters. The summed E-state index contributed by atoms with van der Waals surface area (Å²) in [5.74, 6) is 2.44. The highest BCUT2D eigenvalue weighted by Gasteiger charge is 2.21. The topological polar surface area (TPSA) is 38.4 Å². The Morgan fingerprint density at radius 1 is 0.583 bits per heavy atom. The van der Waals surface area contributed by atoms with Crippen LogP contribution in [0.15, 0.2) is 60.7 Å². The Morgan fingerprint density at radius 3 is 1.33 bits per heavy atom. The zero-order chi connectivity index (χ0) is 17.1. The molecule has 0 amide bonds. The van der Waals surface area contributed by atoms with E-state index in [0.717, 1.165) is 5.56 Å². The first-order chi connectivity index (χ1) is 11.6. The predicted molar refractivity (Wildman–Crippen MR) is 93.8 cm³/mol. The van der Waals surface area contributed by atoms with Gasteiger partial charge >= 0.3 is 0 Å². The lowest BCUT2D eigenvalue weighted by atomic mass is 10.0. The summed E-state index contributed by atoms with van der Waals surface area (Å²) in [7, 11) is 0.